The molecule has 0 N–H and O–H groups in total. The molecule has 0 aliphatic carbocycles. The molecule has 0 saturated heterocycles. The van der Waals surface area contributed by atoms with E-state index in [9.17, 15) is 9.18 Å². The summed E-state index contributed by atoms with van der Waals surface area (Å²) in [4.78, 5) is 13.9. The first-order valence-corrected chi connectivity index (χ1v) is 7.60. The highest BCUT2D eigenvalue weighted by molar-refractivity contribution is 9.10. The van der Waals surface area contributed by atoms with Crippen LogP contribution in [0.5, 0.6) is 0 Å². The average molecular weight is 366 g/mol. The summed E-state index contributed by atoms with van der Waals surface area (Å²) in [5, 5.41) is 0. The third kappa shape index (κ3) is 4.31. The second-order valence-corrected chi connectivity index (χ2v) is 6.69. The highest BCUT2D eigenvalue weighted by Crippen LogP contribution is 2.30. The topological polar surface area (TPSA) is 29.5 Å². The van der Waals surface area contributed by atoms with Crippen molar-refractivity contribution in [3.8, 4) is 0 Å². The Balaban J connectivity index is 2.48. The smallest absolute Gasteiger partial charge is 0.419 e. The first-order chi connectivity index (χ1) is 10.3. The zero-order valence-corrected chi connectivity index (χ0v) is 14.2. The van der Waals surface area contributed by atoms with Crippen LogP contribution < -0.4 is 4.90 Å². The van der Waals surface area contributed by atoms with Crippen molar-refractivity contribution in [2.45, 2.75) is 26.4 Å². The van der Waals surface area contributed by atoms with Gasteiger partial charge in [-0.3, -0.25) is 0 Å². The van der Waals surface area contributed by atoms with Crippen LogP contribution in [0.3, 0.4) is 0 Å². The zero-order valence-electron chi connectivity index (χ0n) is 12.6. The summed E-state index contributed by atoms with van der Waals surface area (Å²) < 4.78 is 19.7. The number of hydrogen-bond donors (Lipinski definition) is 0. The number of nitrogens with zero attached hydrogens (tertiary/aromatic N) is 1. The van der Waals surface area contributed by atoms with E-state index in [1.54, 1.807) is 51.1 Å². The van der Waals surface area contributed by atoms with Crippen LogP contribution in [0, 0.1) is 5.82 Å². The molecular weight excluding hydrogens is 349 g/mol. The summed E-state index contributed by atoms with van der Waals surface area (Å²) in [6.45, 7) is 5.36. The van der Waals surface area contributed by atoms with Gasteiger partial charge in [0.1, 0.15) is 11.4 Å². The van der Waals surface area contributed by atoms with Gasteiger partial charge >= 0.3 is 6.09 Å². The summed E-state index contributed by atoms with van der Waals surface area (Å²) in [6.07, 6.45) is -0.559. The van der Waals surface area contributed by atoms with Crippen LogP contribution in [0.15, 0.2) is 53.0 Å². The number of anilines is 2. The summed E-state index contributed by atoms with van der Waals surface area (Å²) in [7, 11) is 0. The molecule has 2 aromatic rings. The molecule has 0 unspecified atom stereocenters. The maximum absolute atomic E-state index is 13.7. The molecule has 0 saturated carbocycles. The largest absolute Gasteiger partial charge is 0.443 e. The lowest BCUT2D eigenvalue weighted by atomic mass is 10.2. The number of carbonyl (C=O) groups is 1. The second kappa shape index (κ2) is 6.48. The highest BCUT2D eigenvalue weighted by atomic mass is 79.9. The minimum Gasteiger partial charge on any atom is -0.443 e. The molecule has 0 radical (unpaired) electrons. The number of halogens is 2. The van der Waals surface area contributed by atoms with Gasteiger partial charge in [-0.15, -0.1) is 0 Å². The zero-order chi connectivity index (χ0) is 16.3. The Kier molecular flexibility index (Phi) is 4.86. The maximum atomic E-state index is 13.7. The first-order valence-electron chi connectivity index (χ1n) is 6.80. The van der Waals surface area contributed by atoms with Gasteiger partial charge in [-0.25, -0.2) is 14.1 Å². The minimum absolute atomic E-state index is 0.396. The number of hydrogen-bond acceptors (Lipinski definition) is 2. The fourth-order valence-corrected chi connectivity index (χ4v) is 2.37. The molecule has 0 aliphatic heterocycles. The van der Waals surface area contributed by atoms with Gasteiger partial charge in [-0.1, -0.05) is 34.1 Å². The van der Waals surface area contributed by atoms with Crippen LogP contribution in [-0.4, -0.2) is 11.7 Å². The number of ether oxygens (including phenoxy) is 1. The molecule has 1 amide bonds. The van der Waals surface area contributed by atoms with Gasteiger partial charge in [-0.2, -0.15) is 0 Å². The van der Waals surface area contributed by atoms with Crippen molar-refractivity contribution in [2.24, 2.45) is 0 Å². The van der Waals surface area contributed by atoms with Crippen LogP contribution in [0.1, 0.15) is 20.8 Å². The molecule has 22 heavy (non-hydrogen) atoms. The van der Waals surface area contributed by atoms with E-state index < -0.39 is 17.5 Å². The van der Waals surface area contributed by atoms with Crippen molar-refractivity contribution in [3.63, 3.8) is 0 Å². The van der Waals surface area contributed by atoms with Gasteiger partial charge in [-0.05, 0) is 51.1 Å². The Labute approximate surface area is 137 Å². The maximum Gasteiger partial charge on any atom is 0.419 e. The van der Waals surface area contributed by atoms with Gasteiger partial charge in [0.25, 0.3) is 0 Å². The molecule has 116 valence electrons. The second-order valence-electron chi connectivity index (χ2n) is 5.78. The predicted octanol–water partition coefficient (Wildman–Crippen LogP) is 5.66. The molecule has 2 aromatic carbocycles. The van der Waals surface area contributed by atoms with E-state index in [1.165, 1.54) is 17.0 Å². The number of rotatable bonds is 2. The number of para-hydroxylation sites is 1. The van der Waals surface area contributed by atoms with Crippen LogP contribution in [0.25, 0.3) is 0 Å². The lowest BCUT2D eigenvalue weighted by molar-refractivity contribution is 0.0599. The SMILES string of the molecule is CC(C)(C)OC(=O)N(c1ccccc1)c1cc(F)cc(Br)c1. The Morgan fingerprint density at radius 3 is 2.27 bits per heavy atom. The van der Waals surface area contributed by atoms with Crippen molar-refractivity contribution in [2.75, 3.05) is 4.90 Å². The molecule has 0 heterocycles. The monoisotopic (exact) mass is 365 g/mol. The van der Waals surface area contributed by atoms with Crippen molar-refractivity contribution in [3.05, 3.63) is 58.8 Å². The minimum atomic E-state index is -0.644. The third-order valence-corrected chi connectivity index (χ3v) is 3.15. The van der Waals surface area contributed by atoms with E-state index >= 15 is 0 Å². The molecule has 5 heteroatoms. The van der Waals surface area contributed by atoms with E-state index in [-0.39, 0.29) is 0 Å². The highest BCUT2D eigenvalue weighted by Gasteiger charge is 2.25. The molecule has 3 nitrogen and oxygen atoms in total. The van der Waals surface area contributed by atoms with E-state index in [0.29, 0.717) is 15.8 Å². The van der Waals surface area contributed by atoms with Crippen molar-refractivity contribution < 1.29 is 13.9 Å². The Morgan fingerprint density at radius 1 is 1.09 bits per heavy atom. The standard InChI is InChI=1S/C17H17BrFNO2/c1-17(2,3)22-16(21)20(14-7-5-4-6-8-14)15-10-12(18)9-13(19)11-15/h4-11H,1-3H3. The number of benzene rings is 2. The predicted molar refractivity (Wildman–Crippen MR) is 88.9 cm³/mol. The molecule has 0 aromatic heterocycles. The number of carbonyl (C=O) groups excluding carboxylic acids is 1. The summed E-state index contributed by atoms with van der Waals surface area (Å²) in [5.74, 6) is -0.436. The van der Waals surface area contributed by atoms with Crippen LogP contribution >= 0.6 is 15.9 Å². The van der Waals surface area contributed by atoms with Gasteiger partial charge in [0.2, 0.25) is 0 Å². The lowest BCUT2D eigenvalue weighted by Gasteiger charge is -2.27. The molecule has 0 bridgehead atoms. The van der Waals surface area contributed by atoms with E-state index in [2.05, 4.69) is 15.9 Å². The average Bonchev–Trinajstić information content (AvgIpc) is 2.36. The van der Waals surface area contributed by atoms with Gasteiger partial charge in [0.15, 0.2) is 0 Å². The van der Waals surface area contributed by atoms with Crippen LogP contribution in [0.2, 0.25) is 0 Å². The van der Waals surface area contributed by atoms with Gasteiger partial charge in [0.05, 0.1) is 11.4 Å². The Bertz CT molecular complexity index is 648. The first kappa shape index (κ1) is 16.5. The van der Waals surface area contributed by atoms with Crippen molar-refractivity contribution in [1.29, 1.82) is 0 Å². The fraction of sp³-hybridized carbons (Fsp3) is 0.235. The molecular formula is C17H17BrFNO2. The Morgan fingerprint density at radius 2 is 1.73 bits per heavy atom. The summed E-state index contributed by atoms with van der Waals surface area (Å²) >= 11 is 3.25. The molecule has 0 aliphatic rings. The normalized spacial score (nSPS) is 11.1. The third-order valence-electron chi connectivity index (χ3n) is 2.70. The van der Waals surface area contributed by atoms with Crippen LogP contribution in [0.4, 0.5) is 20.6 Å². The fourth-order valence-electron chi connectivity index (χ4n) is 1.91. The molecule has 0 fully saturated rings. The van der Waals surface area contributed by atoms with Crippen molar-refractivity contribution >= 4 is 33.4 Å². The lowest BCUT2D eigenvalue weighted by Crippen LogP contribution is -2.33. The van der Waals surface area contributed by atoms with Crippen molar-refractivity contribution in [1.82, 2.24) is 0 Å². The van der Waals surface area contributed by atoms with Crippen LogP contribution in [-0.2, 0) is 4.74 Å². The van der Waals surface area contributed by atoms with Gasteiger partial charge < -0.3 is 4.74 Å². The molecule has 2 rings (SSSR count). The summed E-state index contributed by atoms with van der Waals surface area (Å²) in [6, 6.07) is 13.3. The van der Waals surface area contributed by atoms with E-state index in [4.69, 9.17) is 4.74 Å². The van der Waals surface area contributed by atoms with E-state index in [1.807, 2.05) is 6.07 Å². The summed E-state index contributed by atoms with van der Waals surface area (Å²) in [5.41, 5.74) is 0.357. The quantitative estimate of drug-likeness (QED) is 0.686. The van der Waals surface area contributed by atoms with E-state index in [0.717, 1.165) is 0 Å². The van der Waals surface area contributed by atoms with Gasteiger partial charge in [0, 0.05) is 4.47 Å². The molecule has 0 spiro atoms. The molecule has 0 atom stereocenters. The Hall–Kier alpha value is -1.88. The number of amides is 1.